The Morgan fingerprint density at radius 3 is 1.80 bits per heavy atom. The molecular weight excluding hydrogens is 1750 g/mol. The number of aliphatic hydroxyl groups excluding tert-OH is 1. The van der Waals surface area contributed by atoms with Crippen molar-refractivity contribution in [2.75, 3.05) is 79.2 Å². The van der Waals surface area contributed by atoms with Gasteiger partial charge in [-0.1, -0.05) is 114 Å². The molecule has 2 fully saturated rings. The molecule has 5 heterocycles. The first-order valence-corrected chi connectivity index (χ1v) is 45.8. The summed E-state index contributed by atoms with van der Waals surface area (Å²) in [5.74, 6) is -16.5. The number of imidazole rings is 1. The van der Waals surface area contributed by atoms with Crippen molar-refractivity contribution in [1.29, 1.82) is 0 Å². The van der Waals surface area contributed by atoms with Crippen LogP contribution in [0.15, 0.2) is 97.7 Å². The van der Waals surface area contributed by atoms with Gasteiger partial charge in [0.1, 0.15) is 78.5 Å². The molecule has 6 aromatic rings. The van der Waals surface area contributed by atoms with E-state index in [4.69, 9.17) is 28.8 Å². The number of H-pyrrole nitrogens is 3. The van der Waals surface area contributed by atoms with Crippen molar-refractivity contribution in [2.45, 2.75) is 216 Å². The number of carbonyl (C=O) groups is 17. The van der Waals surface area contributed by atoms with Gasteiger partial charge < -0.3 is 120 Å². The fraction of sp³-hybridized carbons (Fsp3) is 0.528. The standard InChI is InChI=1S/C89H126ClN23O18S/c1-10-12-26-70-83(125)102-61(25-19-31-94-48-91)79(121)108-69(78(120)98-43-74(93)116)46-132-47-76(118)101-65(34-52-21-15-14-16-22-52)86(128)110(7)51(5)77(119)104-67(39-73(92)115)88(130)113-32-20-28-71(113)84(126)103-63(38-56-42-95-49-99-56)81(123)105-64(33-50(3)4)85(127)109(6)44-75(117)100-62(35-54-41-97-60-30-29-55(90)37-58(54)60)80(122)107-68(45-114)82(124)106-66(36-53-40-96-59-24-18-17-23-57(53)59)87(129)112(9)72(27-13-11-2)89(131)111(70)8/h14-18,21-24,29-30,37,40-42,49-51,61-72,94,96-97,114H,10-13,19-20,25-28,31-36,38-39,43-48,91H2,1-9H3,(H2,92,115)(H2,93,116)(H,95,99)(H,98,120)(H,100,117)(H,101,118)(H,102,125)(H,103,126)(H,104,119)(H,105,123)(H,106,124)(H,107,122)(H,108,121). The number of halogens is 1. The average Bonchev–Trinajstić information content (AvgIpc) is 1.68. The van der Waals surface area contributed by atoms with Crippen LogP contribution < -0.4 is 75.7 Å². The number of nitrogens with one attached hydrogen (secondary N) is 14. The van der Waals surface area contributed by atoms with Crippen LogP contribution in [-0.2, 0) is 107 Å². The van der Waals surface area contributed by atoms with Gasteiger partial charge in [-0.3, -0.25) is 81.5 Å². The topological polar surface area (TPSA) is 597 Å². The van der Waals surface area contributed by atoms with Crippen LogP contribution in [0.1, 0.15) is 134 Å². The van der Waals surface area contributed by atoms with Crippen LogP contribution >= 0.6 is 23.4 Å². The lowest BCUT2D eigenvalue weighted by atomic mass is 10.00. The van der Waals surface area contributed by atoms with Gasteiger partial charge in [0.15, 0.2) is 0 Å². The highest BCUT2D eigenvalue weighted by molar-refractivity contribution is 8.00. The van der Waals surface area contributed by atoms with Gasteiger partial charge in [-0.05, 0) is 105 Å². The maximum absolute atomic E-state index is 15.7. The van der Waals surface area contributed by atoms with Crippen molar-refractivity contribution in [3.8, 4) is 0 Å². The Balaban J connectivity index is 1.18. The van der Waals surface area contributed by atoms with E-state index >= 15 is 24.0 Å². The zero-order chi connectivity index (χ0) is 96.6. The number of carbonyl (C=O) groups excluding carboxylic acids is 17. The van der Waals surface area contributed by atoms with E-state index in [9.17, 15) is 62.6 Å². The van der Waals surface area contributed by atoms with Crippen LogP contribution in [-0.4, -0.2) is 308 Å². The maximum Gasteiger partial charge on any atom is 0.246 e. The van der Waals surface area contributed by atoms with Crippen LogP contribution in [0.5, 0.6) is 0 Å². The summed E-state index contributed by atoms with van der Waals surface area (Å²) < 4.78 is 0. The molecule has 0 saturated carbocycles. The number of aromatic amines is 3. The molecule has 43 heteroatoms. The van der Waals surface area contributed by atoms with E-state index < -0.39 is 211 Å². The minimum atomic E-state index is -1.86. The van der Waals surface area contributed by atoms with Gasteiger partial charge in [0.25, 0.3) is 0 Å². The van der Waals surface area contributed by atoms with Crippen LogP contribution in [0.3, 0.4) is 0 Å². The molecule has 3 aromatic heterocycles. The lowest BCUT2D eigenvalue weighted by Crippen LogP contribution is -2.61. The average molecular weight is 1870 g/mol. The van der Waals surface area contributed by atoms with Crippen molar-refractivity contribution in [3.63, 3.8) is 0 Å². The van der Waals surface area contributed by atoms with E-state index in [0.717, 1.165) is 31.4 Å². The third-order valence-electron chi connectivity index (χ3n) is 23.2. The Morgan fingerprint density at radius 1 is 0.568 bits per heavy atom. The molecule has 0 aliphatic carbocycles. The smallest absolute Gasteiger partial charge is 0.246 e. The van der Waals surface area contributed by atoms with E-state index in [-0.39, 0.29) is 102 Å². The predicted molar refractivity (Wildman–Crippen MR) is 492 cm³/mol. The maximum atomic E-state index is 15.7. The van der Waals surface area contributed by atoms with E-state index in [1.54, 1.807) is 99.0 Å². The summed E-state index contributed by atoms with van der Waals surface area (Å²) >= 11 is 7.32. The van der Waals surface area contributed by atoms with Crippen molar-refractivity contribution >= 4 is 146 Å². The molecule has 2 aliphatic rings. The first-order valence-electron chi connectivity index (χ1n) is 44.3. The Morgan fingerprint density at radius 2 is 1.14 bits per heavy atom. The second kappa shape index (κ2) is 51.3. The number of fused-ring (bicyclic) bond motifs is 3. The van der Waals surface area contributed by atoms with Crippen LogP contribution in [0.25, 0.3) is 21.8 Å². The highest BCUT2D eigenvalue weighted by Gasteiger charge is 2.44. The number of primary amides is 2. The third-order valence-corrected chi connectivity index (χ3v) is 24.5. The number of benzene rings is 3. The minimum Gasteiger partial charge on any atom is -0.394 e. The molecule has 3 aromatic carbocycles. The largest absolute Gasteiger partial charge is 0.394 e. The number of hydrogen-bond acceptors (Lipinski definition) is 22. The number of unbranched alkanes of at least 4 members (excludes halogenated alkanes) is 2. The summed E-state index contributed by atoms with van der Waals surface area (Å²) in [6.07, 6.45) is 6.26. The minimum absolute atomic E-state index is 0.0145. The quantitative estimate of drug-likeness (QED) is 0.0207. The van der Waals surface area contributed by atoms with Crippen molar-refractivity contribution < 1.29 is 86.6 Å². The molecule has 718 valence electrons. The third kappa shape index (κ3) is 30.3. The molecule has 21 N–H and O–H groups in total. The molecule has 2 saturated heterocycles. The summed E-state index contributed by atoms with van der Waals surface area (Å²) in [5.41, 5.74) is 20.1. The van der Waals surface area contributed by atoms with E-state index in [2.05, 4.69) is 78.4 Å². The number of para-hydroxylation sites is 1. The molecule has 41 nitrogen and oxygen atoms in total. The van der Waals surface area contributed by atoms with Crippen LogP contribution in [0.2, 0.25) is 5.02 Å². The molecule has 0 radical (unpaired) electrons. The monoisotopic (exact) mass is 1870 g/mol. The highest BCUT2D eigenvalue weighted by Crippen LogP contribution is 2.27. The molecule has 2 aliphatic heterocycles. The number of likely N-dealkylation sites (N-methyl/N-ethyl adjacent to an activating group) is 4. The molecule has 13 atom stereocenters. The molecular formula is C89H126ClN23O18S. The molecule has 0 bridgehead atoms. The van der Waals surface area contributed by atoms with Gasteiger partial charge in [-0.15, -0.1) is 11.8 Å². The number of hydrogen-bond donors (Lipinski definition) is 18. The van der Waals surface area contributed by atoms with Crippen LogP contribution in [0.4, 0.5) is 0 Å². The lowest BCUT2D eigenvalue weighted by Gasteiger charge is -2.36. The molecule has 17 amide bonds. The van der Waals surface area contributed by atoms with Gasteiger partial charge >= 0.3 is 0 Å². The van der Waals surface area contributed by atoms with Crippen molar-refractivity contribution in [2.24, 2.45) is 23.1 Å². The summed E-state index contributed by atoms with van der Waals surface area (Å²) in [4.78, 5) is 267. The molecule has 132 heavy (non-hydrogen) atoms. The summed E-state index contributed by atoms with van der Waals surface area (Å²) in [5, 5.41) is 42.2. The van der Waals surface area contributed by atoms with E-state index in [1.165, 1.54) is 52.5 Å². The summed E-state index contributed by atoms with van der Waals surface area (Å²) in [7, 11) is 5.27. The number of amides is 17. The number of nitrogens with zero attached hydrogens (tertiary/aromatic N) is 6. The Hall–Kier alpha value is -12.5. The van der Waals surface area contributed by atoms with Crippen molar-refractivity contribution in [3.05, 3.63) is 125 Å². The first-order chi connectivity index (χ1) is 62.9. The van der Waals surface area contributed by atoms with Gasteiger partial charge in [0, 0.05) is 124 Å². The van der Waals surface area contributed by atoms with Gasteiger partial charge in [0.2, 0.25) is 100 Å². The zero-order valence-electron chi connectivity index (χ0n) is 75.9. The number of rotatable bonds is 27. The summed E-state index contributed by atoms with van der Waals surface area (Å²) in [6, 6.07) is 0.919. The van der Waals surface area contributed by atoms with Crippen molar-refractivity contribution in [1.82, 2.24) is 103 Å². The lowest BCUT2D eigenvalue weighted by molar-refractivity contribution is -0.149. The normalized spacial score (nSPS) is 23.6. The SMILES string of the molecule is CCCCC1C(=O)N(C)C(CCCC)C(=O)NC(CCCNCN)C(=O)NC(C(=O)NCC(N)=O)CSCC(=O)NC(Cc2ccccc2)C(=O)N(C)C(C)C(=O)NC(CC(N)=O)C(=O)N2CCCC2C(=O)NC(Cc2cnc[nH]2)C(=O)NC(CC(C)C)C(=O)N(C)CC(=O)NC(Cc2c[nH]c3ccc(Cl)cc23)C(=O)NC(CO)C(=O)NC(Cc2c[nH]c3ccccc23)C(=O)N1C. The highest BCUT2D eigenvalue weighted by atomic mass is 35.5. The number of thioether (sulfide) groups is 1. The number of nitrogens with two attached hydrogens (primary N) is 3. The second-order valence-electron chi connectivity index (χ2n) is 33.7. The van der Waals surface area contributed by atoms with E-state index in [1.807, 2.05) is 13.8 Å². The van der Waals surface area contributed by atoms with Gasteiger partial charge in [-0.25, -0.2) is 4.98 Å². The fourth-order valence-corrected chi connectivity index (χ4v) is 16.8. The summed E-state index contributed by atoms with van der Waals surface area (Å²) in [6.45, 7) is 6.21. The predicted octanol–water partition coefficient (Wildman–Crippen LogP) is -1.46. The number of aliphatic hydroxyl groups is 1. The Kier molecular flexibility index (Phi) is 40.8. The molecule has 0 spiro atoms. The molecule has 13 unspecified atom stereocenters. The molecule has 8 rings (SSSR count). The van der Waals surface area contributed by atoms with E-state index in [0.29, 0.717) is 74.9 Å². The zero-order valence-corrected chi connectivity index (χ0v) is 77.5. The van der Waals surface area contributed by atoms with Crippen LogP contribution in [0, 0.1) is 5.92 Å². The first kappa shape index (κ1) is 105. The second-order valence-corrected chi connectivity index (χ2v) is 35.1. The fourth-order valence-electron chi connectivity index (χ4n) is 15.8. The van der Waals surface area contributed by atoms with Gasteiger partial charge in [0.05, 0.1) is 38.2 Å². The Labute approximate surface area is 774 Å². The Bertz CT molecular complexity index is 5020. The van der Waals surface area contributed by atoms with Gasteiger partial charge in [-0.2, -0.15) is 0 Å². The number of aromatic nitrogens is 4.